The molecule has 1 N–H and O–H groups in total. The Labute approximate surface area is 93.3 Å². The summed E-state index contributed by atoms with van der Waals surface area (Å²) in [7, 11) is 0. The zero-order valence-corrected chi connectivity index (χ0v) is 9.15. The highest BCUT2D eigenvalue weighted by atomic mass is 16.5. The summed E-state index contributed by atoms with van der Waals surface area (Å²) in [6.45, 7) is 3.90. The fourth-order valence-electron chi connectivity index (χ4n) is 1.52. The number of nitrogens with zero attached hydrogens (tertiary/aromatic N) is 1. The molecule has 0 bridgehead atoms. The van der Waals surface area contributed by atoms with Crippen molar-refractivity contribution >= 4 is 11.6 Å². The lowest BCUT2D eigenvalue weighted by molar-refractivity contribution is 0.101. The smallest absolute Gasteiger partial charge is 0.277 e. The maximum Gasteiger partial charge on any atom is 0.277 e. The number of aryl methyl sites for hydroxylation is 2. The van der Waals surface area contributed by atoms with Crippen LogP contribution in [0.4, 0.5) is 5.69 Å². The summed E-state index contributed by atoms with van der Waals surface area (Å²) in [6.07, 6.45) is 1.37. The molecule has 0 saturated heterocycles. The first-order chi connectivity index (χ1) is 7.68. The van der Waals surface area contributed by atoms with Crippen LogP contribution in [0.15, 0.2) is 35.1 Å². The summed E-state index contributed by atoms with van der Waals surface area (Å²) in [4.78, 5) is 11.7. The molecule has 0 unspecified atom stereocenters. The molecule has 16 heavy (non-hydrogen) atoms. The average Bonchev–Trinajstić information content (AvgIpc) is 2.76. The fourth-order valence-corrected chi connectivity index (χ4v) is 1.52. The highest BCUT2D eigenvalue weighted by Crippen LogP contribution is 2.19. The summed E-state index contributed by atoms with van der Waals surface area (Å²) in [5.41, 5.74) is 3.16. The zero-order valence-electron chi connectivity index (χ0n) is 9.15. The van der Waals surface area contributed by atoms with Crippen LogP contribution >= 0.6 is 0 Å². The van der Waals surface area contributed by atoms with E-state index in [-0.39, 0.29) is 11.6 Å². The van der Waals surface area contributed by atoms with Gasteiger partial charge in [-0.2, -0.15) is 0 Å². The van der Waals surface area contributed by atoms with Crippen molar-refractivity contribution in [1.82, 2.24) is 5.16 Å². The Hall–Kier alpha value is -2.10. The second-order valence-electron chi connectivity index (χ2n) is 3.61. The number of para-hydroxylation sites is 1. The monoisotopic (exact) mass is 216 g/mol. The Balaban J connectivity index is 2.25. The molecule has 0 aliphatic carbocycles. The van der Waals surface area contributed by atoms with Gasteiger partial charge in [0.1, 0.15) is 6.26 Å². The molecule has 4 heteroatoms. The molecule has 1 heterocycles. The lowest BCUT2D eigenvalue weighted by atomic mass is 10.1. The van der Waals surface area contributed by atoms with Gasteiger partial charge in [0.15, 0.2) is 5.69 Å². The molecule has 1 aromatic heterocycles. The minimum absolute atomic E-state index is 0.258. The minimum atomic E-state index is -0.258. The Kier molecular flexibility index (Phi) is 2.72. The first kappa shape index (κ1) is 10.4. The number of benzene rings is 1. The van der Waals surface area contributed by atoms with Crippen LogP contribution in [-0.2, 0) is 0 Å². The predicted molar refractivity (Wildman–Crippen MR) is 60.4 cm³/mol. The van der Waals surface area contributed by atoms with E-state index in [1.807, 2.05) is 32.0 Å². The summed E-state index contributed by atoms with van der Waals surface area (Å²) >= 11 is 0. The topological polar surface area (TPSA) is 55.1 Å². The molecule has 0 saturated carbocycles. The van der Waals surface area contributed by atoms with E-state index in [2.05, 4.69) is 15.0 Å². The molecule has 0 atom stereocenters. The molecule has 0 spiro atoms. The molecule has 0 radical (unpaired) electrons. The van der Waals surface area contributed by atoms with Gasteiger partial charge in [-0.05, 0) is 25.0 Å². The third-order valence-electron chi connectivity index (χ3n) is 2.39. The molecule has 0 aliphatic heterocycles. The molecule has 0 fully saturated rings. The number of rotatable bonds is 2. The van der Waals surface area contributed by atoms with Crippen molar-refractivity contribution in [2.24, 2.45) is 0 Å². The predicted octanol–water partition coefficient (Wildman–Crippen LogP) is 2.54. The fraction of sp³-hybridized carbons (Fsp3) is 0.167. The lowest BCUT2D eigenvalue weighted by Crippen LogP contribution is -2.13. The van der Waals surface area contributed by atoms with E-state index in [1.165, 1.54) is 12.3 Å². The molecule has 82 valence electrons. The largest absolute Gasteiger partial charge is 0.364 e. The third-order valence-corrected chi connectivity index (χ3v) is 2.39. The molecular weight excluding hydrogens is 204 g/mol. The van der Waals surface area contributed by atoms with Crippen molar-refractivity contribution in [3.05, 3.63) is 47.3 Å². The van der Waals surface area contributed by atoms with Gasteiger partial charge in [0.2, 0.25) is 0 Å². The van der Waals surface area contributed by atoms with Gasteiger partial charge in [-0.1, -0.05) is 23.4 Å². The quantitative estimate of drug-likeness (QED) is 0.839. The van der Waals surface area contributed by atoms with Gasteiger partial charge in [-0.25, -0.2) is 0 Å². The number of hydrogen-bond acceptors (Lipinski definition) is 3. The second-order valence-corrected chi connectivity index (χ2v) is 3.61. The normalized spacial score (nSPS) is 10.1. The maximum absolute atomic E-state index is 11.7. The van der Waals surface area contributed by atoms with E-state index in [9.17, 15) is 4.79 Å². The molecular formula is C12H12N2O2. The van der Waals surface area contributed by atoms with Crippen molar-refractivity contribution < 1.29 is 9.32 Å². The highest BCUT2D eigenvalue weighted by molar-refractivity contribution is 6.03. The van der Waals surface area contributed by atoms with Crippen LogP contribution in [0, 0.1) is 13.8 Å². The van der Waals surface area contributed by atoms with Crippen LogP contribution in [0.3, 0.4) is 0 Å². The Bertz CT molecular complexity index is 483. The van der Waals surface area contributed by atoms with E-state index >= 15 is 0 Å². The summed E-state index contributed by atoms with van der Waals surface area (Å²) in [6, 6.07) is 7.39. The van der Waals surface area contributed by atoms with Crippen LogP contribution in [0.1, 0.15) is 21.6 Å². The maximum atomic E-state index is 11.7. The molecule has 0 aliphatic rings. The molecule has 2 aromatic rings. The van der Waals surface area contributed by atoms with Crippen molar-refractivity contribution in [1.29, 1.82) is 0 Å². The zero-order chi connectivity index (χ0) is 11.5. The van der Waals surface area contributed by atoms with Gasteiger partial charge in [0.25, 0.3) is 5.91 Å². The summed E-state index contributed by atoms with van der Waals surface area (Å²) < 4.78 is 4.62. The number of amides is 1. The number of carbonyl (C=O) groups excluding carboxylic acids is 1. The van der Waals surface area contributed by atoms with Gasteiger partial charge >= 0.3 is 0 Å². The first-order valence-electron chi connectivity index (χ1n) is 4.96. The van der Waals surface area contributed by atoms with Crippen molar-refractivity contribution in [3.63, 3.8) is 0 Å². The van der Waals surface area contributed by atoms with E-state index < -0.39 is 0 Å². The van der Waals surface area contributed by atoms with Crippen LogP contribution in [0.25, 0.3) is 0 Å². The number of hydrogen-bond donors (Lipinski definition) is 1. The van der Waals surface area contributed by atoms with Crippen LogP contribution in [-0.4, -0.2) is 11.1 Å². The lowest BCUT2D eigenvalue weighted by Gasteiger charge is -2.09. The van der Waals surface area contributed by atoms with Crippen molar-refractivity contribution in [2.45, 2.75) is 13.8 Å². The summed E-state index contributed by atoms with van der Waals surface area (Å²) in [5.74, 6) is -0.258. The number of nitrogens with one attached hydrogen (secondary N) is 1. The highest BCUT2D eigenvalue weighted by Gasteiger charge is 2.11. The molecule has 1 amide bonds. The third kappa shape index (κ3) is 1.95. The van der Waals surface area contributed by atoms with Gasteiger partial charge in [-0.15, -0.1) is 0 Å². The van der Waals surface area contributed by atoms with Crippen molar-refractivity contribution in [3.8, 4) is 0 Å². The average molecular weight is 216 g/mol. The minimum Gasteiger partial charge on any atom is -0.364 e. The van der Waals surface area contributed by atoms with Crippen LogP contribution in [0.2, 0.25) is 0 Å². The Morgan fingerprint density at radius 1 is 1.25 bits per heavy atom. The standard InChI is InChI=1S/C12H12N2O2/c1-8-4-3-5-9(2)11(8)13-12(15)10-6-7-16-14-10/h3-7H,1-2H3,(H,13,15). The number of aromatic nitrogens is 1. The Morgan fingerprint density at radius 2 is 1.94 bits per heavy atom. The van der Waals surface area contributed by atoms with E-state index in [0.29, 0.717) is 0 Å². The Morgan fingerprint density at radius 3 is 2.50 bits per heavy atom. The first-order valence-corrected chi connectivity index (χ1v) is 4.96. The van der Waals surface area contributed by atoms with Gasteiger partial charge in [0.05, 0.1) is 0 Å². The summed E-state index contributed by atoms with van der Waals surface area (Å²) in [5, 5.41) is 6.40. The van der Waals surface area contributed by atoms with Crippen LogP contribution in [0.5, 0.6) is 0 Å². The van der Waals surface area contributed by atoms with E-state index in [4.69, 9.17) is 0 Å². The molecule has 2 rings (SSSR count). The van der Waals surface area contributed by atoms with Gasteiger partial charge in [-0.3, -0.25) is 4.79 Å². The van der Waals surface area contributed by atoms with E-state index in [1.54, 1.807) is 0 Å². The molecule has 4 nitrogen and oxygen atoms in total. The van der Waals surface area contributed by atoms with Crippen molar-refractivity contribution in [2.75, 3.05) is 5.32 Å². The van der Waals surface area contributed by atoms with Gasteiger partial charge in [0, 0.05) is 11.8 Å². The second kappa shape index (κ2) is 4.18. The van der Waals surface area contributed by atoms with E-state index in [0.717, 1.165) is 16.8 Å². The SMILES string of the molecule is Cc1cccc(C)c1NC(=O)c1ccon1. The van der Waals surface area contributed by atoms with Crippen LogP contribution < -0.4 is 5.32 Å². The van der Waals surface area contributed by atoms with Gasteiger partial charge < -0.3 is 9.84 Å². The molecule has 1 aromatic carbocycles. The number of carbonyl (C=O) groups is 1. The number of anilines is 1.